The SMILES string of the molecule is CC(=NNC(=O)Cn1nnc2ccccc21)c1cccs1. The van der Waals surface area contributed by atoms with Crippen molar-refractivity contribution in [3.63, 3.8) is 0 Å². The van der Waals surface area contributed by atoms with Crippen molar-refractivity contribution in [2.24, 2.45) is 5.10 Å². The van der Waals surface area contributed by atoms with Crippen LogP contribution in [-0.2, 0) is 11.3 Å². The highest BCUT2D eigenvalue weighted by atomic mass is 32.1. The van der Waals surface area contributed by atoms with E-state index in [1.165, 1.54) is 0 Å². The lowest BCUT2D eigenvalue weighted by Gasteiger charge is -2.02. The van der Waals surface area contributed by atoms with Gasteiger partial charge in [-0.25, -0.2) is 10.1 Å². The average Bonchev–Trinajstić information content (AvgIpc) is 3.15. The van der Waals surface area contributed by atoms with Gasteiger partial charge in [0, 0.05) is 4.88 Å². The van der Waals surface area contributed by atoms with Crippen LogP contribution in [0.3, 0.4) is 0 Å². The number of para-hydroxylation sites is 1. The highest BCUT2D eigenvalue weighted by molar-refractivity contribution is 7.12. The molecule has 3 aromatic rings. The van der Waals surface area contributed by atoms with E-state index in [1.54, 1.807) is 16.0 Å². The maximum atomic E-state index is 11.9. The number of amides is 1. The van der Waals surface area contributed by atoms with Gasteiger partial charge in [0.1, 0.15) is 12.1 Å². The minimum atomic E-state index is -0.235. The number of fused-ring (bicyclic) bond motifs is 1. The van der Waals surface area contributed by atoms with Crippen LogP contribution in [0.25, 0.3) is 11.0 Å². The van der Waals surface area contributed by atoms with E-state index in [2.05, 4.69) is 20.8 Å². The number of aromatic nitrogens is 3. The first-order chi connectivity index (χ1) is 10.2. The number of carbonyl (C=O) groups excluding carboxylic acids is 1. The van der Waals surface area contributed by atoms with Crippen molar-refractivity contribution in [1.82, 2.24) is 20.4 Å². The van der Waals surface area contributed by atoms with Gasteiger partial charge in [0.05, 0.1) is 11.2 Å². The first-order valence-electron chi connectivity index (χ1n) is 6.39. The molecule has 21 heavy (non-hydrogen) atoms. The topological polar surface area (TPSA) is 72.2 Å². The van der Waals surface area contributed by atoms with Crippen molar-refractivity contribution in [2.45, 2.75) is 13.5 Å². The van der Waals surface area contributed by atoms with Crippen LogP contribution in [0.4, 0.5) is 0 Å². The quantitative estimate of drug-likeness (QED) is 0.592. The van der Waals surface area contributed by atoms with Crippen molar-refractivity contribution in [3.8, 4) is 0 Å². The Labute approximate surface area is 125 Å². The number of benzene rings is 1. The lowest BCUT2D eigenvalue weighted by atomic mass is 10.3. The standard InChI is InChI=1S/C14H13N5OS/c1-10(13-7-4-8-21-13)15-17-14(20)9-19-12-6-3-2-5-11(12)16-18-19/h2-8H,9H2,1H3,(H,17,20). The predicted octanol–water partition coefficient (Wildman–Crippen LogP) is 2.03. The summed E-state index contributed by atoms with van der Waals surface area (Å²) in [6.07, 6.45) is 0. The molecule has 0 fully saturated rings. The molecule has 0 radical (unpaired) electrons. The van der Waals surface area contributed by atoms with Crippen LogP contribution < -0.4 is 5.43 Å². The van der Waals surface area contributed by atoms with E-state index in [-0.39, 0.29) is 12.5 Å². The Balaban J connectivity index is 1.68. The van der Waals surface area contributed by atoms with E-state index in [0.29, 0.717) is 0 Å². The Kier molecular flexibility index (Phi) is 3.74. The summed E-state index contributed by atoms with van der Waals surface area (Å²) in [5, 5.41) is 14.0. The summed E-state index contributed by atoms with van der Waals surface area (Å²) in [5.74, 6) is -0.235. The summed E-state index contributed by atoms with van der Waals surface area (Å²) >= 11 is 1.58. The molecule has 0 unspecified atom stereocenters. The fourth-order valence-corrected chi connectivity index (χ4v) is 2.57. The van der Waals surface area contributed by atoms with Gasteiger partial charge in [0.15, 0.2) is 0 Å². The minimum absolute atomic E-state index is 0.0851. The third kappa shape index (κ3) is 2.97. The van der Waals surface area contributed by atoms with Crippen LogP contribution in [0.5, 0.6) is 0 Å². The number of nitrogens with zero attached hydrogens (tertiary/aromatic N) is 4. The Morgan fingerprint density at radius 1 is 1.33 bits per heavy atom. The van der Waals surface area contributed by atoms with Gasteiger partial charge >= 0.3 is 0 Å². The molecular weight excluding hydrogens is 286 g/mol. The van der Waals surface area contributed by atoms with Gasteiger partial charge in [0.25, 0.3) is 5.91 Å². The monoisotopic (exact) mass is 299 g/mol. The zero-order valence-corrected chi connectivity index (χ0v) is 12.2. The van der Waals surface area contributed by atoms with Crippen molar-refractivity contribution < 1.29 is 4.79 Å². The second-order valence-electron chi connectivity index (χ2n) is 4.45. The van der Waals surface area contributed by atoms with E-state index < -0.39 is 0 Å². The molecule has 2 heterocycles. The van der Waals surface area contributed by atoms with Gasteiger partial charge in [-0.15, -0.1) is 16.4 Å². The molecule has 0 bridgehead atoms. The zero-order chi connectivity index (χ0) is 14.7. The second kappa shape index (κ2) is 5.84. The highest BCUT2D eigenvalue weighted by Crippen LogP contribution is 2.10. The third-order valence-electron chi connectivity index (χ3n) is 2.94. The highest BCUT2D eigenvalue weighted by Gasteiger charge is 2.08. The largest absolute Gasteiger partial charge is 0.271 e. The fourth-order valence-electron chi connectivity index (χ4n) is 1.89. The number of hydrogen-bond donors (Lipinski definition) is 1. The lowest BCUT2D eigenvalue weighted by molar-refractivity contribution is -0.121. The number of thiophene rings is 1. The van der Waals surface area contributed by atoms with Crippen molar-refractivity contribution in [3.05, 3.63) is 46.7 Å². The van der Waals surface area contributed by atoms with Gasteiger partial charge in [-0.3, -0.25) is 4.79 Å². The van der Waals surface area contributed by atoms with Crippen LogP contribution in [0, 0.1) is 0 Å². The molecule has 106 valence electrons. The van der Waals surface area contributed by atoms with Gasteiger partial charge in [0.2, 0.25) is 0 Å². The Hall–Kier alpha value is -2.54. The molecule has 1 N–H and O–H groups in total. The van der Waals surface area contributed by atoms with Crippen molar-refractivity contribution in [2.75, 3.05) is 0 Å². The molecule has 1 aromatic carbocycles. The average molecular weight is 299 g/mol. The smallest absolute Gasteiger partial charge is 0.261 e. The molecule has 3 rings (SSSR count). The summed E-state index contributed by atoms with van der Waals surface area (Å²) in [5.41, 5.74) is 4.91. The maximum absolute atomic E-state index is 11.9. The van der Waals surface area contributed by atoms with Gasteiger partial charge < -0.3 is 0 Å². The van der Waals surface area contributed by atoms with Crippen LogP contribution in [-0.4, -0.2) is 26.6 Å². The second-order valence-corrected chi connectivity index (χ2v) is 5.39. The Morgan fingerprint density at radius 2 is 2.19 bits per heavy atom. The molecule has 0 spiro atoms. The van der Waals surface area contributed by atoms with Crippen LogP contribution in [0.2, 0.25) is 0 Å². The number of hydrazone groups is 1. The normalized spacial score (nSPS) is 11.8. The Morgan fingerprint density at radius 3 is 3.00 bits per heavy atom. The van der Waals surface area contributed by atoms with Crippen LogP contribution in [0.15, 0.2) is 46.9 Å². The van der Waals surface area contributed by atoms with E-state index in [1.807, 2.05) is 48.7 Å². The molecule has 0 atom stereocenters. The van der Waals surface area contributed by atoms with Gasteiger partial charge in [-0.05, 0) is 30.5 Å². The Bertz CT molecular complexity index is 791. The molecule has 0 saturated heterocycles. The lowest BCUT2D eigenvalue weighted by Crippen LogP contribution is -2.24. The molecule has 0 aliphatic heterocycles. The molecule has 6 nitrogen and oxygen atoms in total. The molecule has 0 aliphatic carbocycles. The number of hydrogen-bond acceptors (Lipinski definition) is 5. The van der Waals surface area contributed by atoms with Crippen molar-refractivity contribution >= 4 is 34.0 Å². The van der Waals surface area contributed by atoms with Crippen molar-refractivity contribution in [1.29, 1.82) is 0 Å². The molecule has 2 aromatic heterocycles. The van der Waals surface area contributed by atoms with E-state index in [0.717, 1.165) is 21.6 Å². The predicted molar refractivity (Wildman–Crippen MR) is 82.2 cm³/mol. The van der Waals surface area contributed by atoms with E-state index in [9.17, 15) is 4.79 Å². The third-order valence-corrected chi connectivity index (χ3v) is 3.92. The summed E-state index contributed by atoms with van der Waals surface area (Å²) in [6.45, 7) is 1.94. The molecule has 0 aliphatic rings. The number of nitrogens with one attached hydrogen (secondary N) is 1. The number of rotatable bonds is 4. The fraction of sp³-hybridized carbons (Fsp3) is 0.143. The van der Waals surface area contributed by atoms with Gasteiger partial charge in [-0.2, -0.15) is 5.10 Å². The summed E-state index contributed by atoms with van der Waals surface area (Å²) in [4.78, 5) is 13.0. The molecule has 1 amide bonds. The minimum Gasteiger partial charge on any atom is -0.271 e. The summed E-state index contributed by atoms with van der Waals surface area (Å²) in [7, 11) is 0. The summed E-state index contributed by atoms with van der Waals surface area (Å²) in [6, 6.07) is 11.4. The molecule has 7 heteroatoms. The first kappa shape index (κ1) is 13.4. The summed E-state index contributed by atoms with van der Waals surface area (Å²) < 4.78 is 1.56. The van der Waals surface area contributed by atoms with E-state index in [4.69, 9.17) is 0 Å². The number of carbonyl (C=O) groups is 1. The first-order valence-corrected chi connectivity index (χ1v) is 7.27. The van der Waals surface area contributed by atoms with E-state index >= 15 is 0 Å². The van der Waals surface area contributed by atoms with Gasteiger partial charge in [-0.1, -0.05) is 23.4 Å². The zero-order valence-electron chi connectivity index (χ0n) is 11.4. The maximum Gasteiger partial charge on any atom is 0.261 e. The molecular formula is C14H13N5OS. The molecule has 0 saturated carbocycles. The van der Waals surface area contributed by atoms with Crippen LogP contribution >= 0.6 is 11.3 Å². The van der Waals surface area contributed by atoms with Crippen LogP contribution in [0.1, 0.15) is 11.8 Å².